The maximum absolute atomic E-state index is 2.26. The molecule has 0 N–H and O–H groups in total. The summed E-state index contributed by atoms with van der Waals surface area (Å²) < 4.78 is 0. The van der Waals surface area contributed by atoms with Crippen LogP contribution in [0.5, 0.6) is 0 Å². The quantitative estimate of drug-likeness (QED) is 0.712. The predicted octanol–water partition coefficient (Wildman–Crippen LogP) is 4.90. The summed E-state index contributed by atoms with van der Waals surface area (Å²) >= 11 is 0. The molecule has 1 nitrogen and oxygen atoms in total. The third-order valence-electron chi connectivity index (χ3n) is 3.07. The minimum Gasteiger partial charge on any atom is -0.351 e. The Balaban J connectivity index is 3.38. The second kappa shape index (κ2) is 5.90. The van der Waals surface area contributed by atoms with E-state index in [1.54, 1.807) is 0 Å². The van der Waals surface area contributed by atoms with Crippen LogP contribution in [0.15, 0.2) is 30.5 Å². The maximum atomic E-state index is 2.26. The van der Waals surface area contributed by atoms with Crippen LogP contribution < -0.4 is 4.90 Å². The van der Waals surface area contributed by atoms with Crippen LogP contribution in [0.4, 0.5) is 5.69 Å². The topological polar surface area (TPSA) is 3.24 Å². The summed E-state index contributed by atoms with van der Waals surface area (Å²) in [5, 5.41) is 0. The first-order chi connectivity index (χ1) is 7.99. The number of rotatable bonds is 4. The summed E-state index contributed by atoms with van der Waals surface area (Å²) in [6.07, 6.45) is 4.22. The molecule has 1 aromatic carbocycles. The fourth-order valence-corrected chi connectivity index (χ4v) is 2.22. The van der Waals surface area contributed by atoms with E-state index >= 15 is 0 Å². The molecule has 94 valence electrons. The SMILES string of the molecule is C/C=C\N(C)c1c(C(C)C)cccc1C(C)C. The third kappa shape index (κ3) is 3.12. The van der Waals surface area contributed by atoms with E-state index in [0.29, 0.717) is 11.8 Å². The highest BCUT2D eigenvalue weighted by Gasteiger charge is 2.15. The molecule has 0 aliphatic heterocycles. The standard InChI is InChI=1S/C16H25N/c1-7-11-17(6)16-14(12(2)3)9-8-10-15(16)13(4)5/h7-13H,1-6H3/b11-7-. The van der Waals surface area contributed by atoms with Crippen LogP contribution in [0.1, 0.15) is 57.6 Å². The molecule has 0 bridgehead atoms. The molecule has 0 aromatic heterocycles. The molecule has 1 heteroatoms. The molecular weight excluding hydrogens is 206 g/mol. The Kier molecular flexibility index (Phi) is 4.80. The van der Waals surface area contributed by atoms with Crippen molar-refractivity contribution in [3.8, 4) is 0 Å². The summed E-state index contributed by atoms with van der Waals surface area (Å²) in [6, 6.07) is 6.66. The monoisotopic (exact) mass is 231 g/mol. The van der Waals surface area contributed by atoms with Crippen molar-refractivity contribution in [2.24, 2.45) is 0 Å². The van der Waals surface area contributed by atoms with E-state index in [9.17, 15) is 0 Å². The van der Waals surface area contributed by atoms with Gasteiger partial charge in [-0.2, -0.15) is 0 Å². The van der Waals surface area contributed by atoms with Gasteiger partial charge in [-0.3, -0.25) is 0 Å². The smallest absolute Gasteiger partial charge is 0.0473 e. The van der Waals surface area contributed by atoms with Crippen molar-refractivity contribution >= 4 is 5.69 Å². The van der Waals surface area contributed by atoms with Crippen molar-refractivity contribution in [2.45, 2.75) is 46.5 Å². The molecule has 0 spiro atoms. The van der Waals surface area contributed by atoms with Crippen LogP contribution in [-0.4, -0.2) is 7.05 Å². The molecule has 0 fully saturated rings. The molecule has 1 aromatic rings. The molecule has 0 unspecified atom stereocenters. The van der Waals surface area contributed by atoms with Crippen LogP contribution in [0, 0.1) is 0 Å². The third-order valence-corrected chi connectivity index (χ3v) is 3.07. The number of hydrogen-bond donors (Lipinski definition) is 0. The van der Waals surface area contributed by atoms with E-state index in [1.165, 1.54) is 16.8 Å². The highest BCUT2D eigenvalue weighted by molar-refractivity contribution is 5.63. The number of hydrogen-bond acceptors (Lipinski definition) is 1. The van der Waals surface area contributed by atoms with Crippen LogP contribution >= 0.6 is 0 Å². The van der Waals surface area contributed by atoms with Crippen LogP contribution in [0.25, 0.3) is 0 Å². The van der Waals surface area contributed by atoms with E-state index in [1.807, 2.05) is 0 Å². The van der Waals surface area contributed by atoms with Crippen LogP contribution in [0.3, 0.4) is 0 Å². The predicted molar refractivity (Wildman–Crippen MR) is 77.8 cm³/mol. The summed E-state index contributed by atoms with van der Waals surface area (Å²) in [5.74, 6) is 1.10. The van der Waals surface area contributed by atoms with Gasteiger partial charge in [0.25, 0.3) is 0 Å². The maximum Gasteiger partial charge on any atom is 0.0473 e. The van der Waals surface area contributed by atoms with Crippen molar-refractivity contribution in [3.05, 3.63) is 41.6 Å². The van der Waals surface area contributed by atoms with Crippen molar-refractivity contribution in [1.82, 2.24) is 0 Å². The zero-order valence-electron chi connectivity index (χ0n) is 12.0. The molecule has 17 heavy (non-hydrogen) atoms. The summed E-state index contributed by atoms with van der Waals surface area (Å²) in [4.78, 5) is 2.24. The van der Waals surface area contributed by atoms with Crippen molar-refractivity contribution in [1.29, 1.82) is 0 Å². The second-order valence-corrected chi connectivity index (χ2v) is 5.19. The van der Waals surface area contributed by atoms with Crippen LogP contribution in [-0.2, 0) is 0 Å². The first-order valence-corrected chi connectivity index (χ1v) is 6.47. The summed E-state index contributed by atoms with van der Waals surface area (Å²) in [5.41, 5.74) is 4.23. The van der Waals surface area contributed by atoms with E-state index in [2.05, 4.69) is 77.0 Å². The highest BCUT2D eigenvalue weighted by Crippen LogP contribution is 2.34. The van der Waals surface area contributed by atoms with Gasteiger partial charge in [-0.05, 0) is 36.1 Å². The van der Waals surface area contributed by atoms with E-state index in [4.69, 9.17) is 0 Å². The number of benzene rings is 1. The molecule has 0 saturated carbocycles. The lowest BCUT2D eigenvalue weighted by Gasteiger charge is -2.25. The minimum atomic E-state index is 0.552. The normalized spacial score (nSPS) is 11.8. The molecule has 1 rings (SSSR count). The lowest BCUT2D eigenvalue weighted by atomic mass is 9.92. The van der Waals surface area contributed by atoms with Gasteiger partial charge in [-0.15, -0.1) is 0 Å². The largest absolute Gasteiger partial charge is 0.351 e. The van der Waals surface area contributed by atoms with Gasteiger partial charge in [-0.1, -0.05) is 52.0 Å². The Morgan fingerprint density at radius 3 is 1.82 bits per heavy atom. The fourth-order valence-electron chi connectivity index (χ4n) is 2.22. The van der Waals surface area contributed by atoms with Gasteiger partial charge >= 0.3 is 0 Å². The van der Waals surface area contributed by atoms with Crippen LogP contribution in [0.2, 0.25) is 0 Å². The Morgan fingerprint density at radius 1 is 1.00 bits per heavy atom. The number of allylic oxidation sites excluding steroid dienone is 1. The van der Waals surface area contributed by atoms with Gasteiger partial charge in [-0.25, -0.2) is 0 Å². The minimum absolute atomic E-state index is 0.552. The Labute approximate surface area is 106 Å². The Morgan fingerprint density at radius 2 is 1.47 bits per heavy atom. The Bertz CT molecular complexity index is 362. The van der Waals surface area contributed by atoms with E-state index < -0.39 is 0 Å². The van der Waals surface area contributed by atoms with E-state index in [0.717, 1.165) is 0 Å². The Hall–Kier alpha value is -1.24. The summed E-state index contributed by atoms with van der Waals surface area (Å²) in [6.45, 7) is 11.1. The zero-order chi connectivity index (χ0) is 13.0. The van der Waals surface area contributed by atoms with Crippen molar-refractivity contribution in [2.75, 3.05) is 11.9 Å². The second-order valence-electron chi connectivity index (χ2n) is 5.19. The zero-order valence-corrected chi connectivity index (χ0v) is 12.0. The molecular formula is C16H25N. The number of anilines is 1. The van der Waals surface area contributed by atoms with Gasteiger partial charge < -0.3 is 4.90 Å². The first kappa shape index (κ1) is 13.8. The van der Waals surface area contributed by atoms with Gasteiger partial charge in [0.15, 0.2) is 0 Å². The average molecular weight is 231 g/mol. The van der Waals surface area contributed by atoms with Crippen molar-refractivity contribution in [3.63, 3.8) is 0 Å². The van der Waals surface area contributed by atoms with Crippen molar-refractivity contribution < 1.29 is 0 Å². The molecule has 0 amide bonds. The molecule has 0 aliphatic rings. The van der Waals surface area contributed by atoms with Gasteiger partial charge in [0, 0.05) is 12.7 Å². The average Bonchev–Trinajstić information content (AvgIpc) is 2.28. The van der Waals surface area contributed by atoms with Gasteiger partial charge in [0.1, 0.15) is 0 Å². The number of nitrogens with zero attached hydrogens (tertiary/aromatic N) is 1. The number of para-hydroxylation sites is 1. The molecule has 0 atom stereocenters. The van der Waals surface area contributed by atoms with E-state index in [-0.39, 0.29) is 0 Å². The fraction of sp³-hybridized carbons (Fsp3) is 0.500. The molecule has 0 heterocycles. The molecule has 0 radical (unpaired) electrons. The molecule has 0 aliphatic carbocycles. The highest BCUT2D eigenvalue weighted by atomic mass is 15.1. The lowest BCUT2D eigenvalue weighted by molar-refractivity contribution is 0.826. The summed E-state index contributed by atoms with van der Waals surface area (Å²) in [7, 11) is 2.13. The van der Waals surface area contributed by atoms with Gasteiger partial charge in [0.2, 0.25) is 0 Å². The van der Waals surface area contributed by atoms with Gasteiger partial charge in [0.05, 0.1) is 0 Å². The lowest BCUT2D eigenvalue weighted by Crippen LogP contribution is -2.14. The molecule has 0 saturated heterocycles. The first-order valence-electron chi connectivity index (χ1n) is 6.47.